The first-order valence-electron chi connectivity index (χ1n) is 9.27. The largest absolute Gasteiger partial charge is 0.490 e. The first-order chi connectivity index (χ1) is 12.8. The lowest BCUT2D eigenvalue weighted by Gasteiger charge is -2.19. The van der Waals surface area contributed by atoms with Crippen LogP contribution in [0.3, 0.4) is 0 Å². The molecule has 1 aromatic carbocycles. The van der Waals surface area contributed by atoms with Gasteiger partial charge in [0.15, 0.2) is 17.3 Å². The van der Waals surface area contributed by atoms with E-state index in [1.807, 2.05) is 58.9 Å². The number of ether oxygens (including phenoxy) is 1. The molecule has 0 aliphatic carbocycles. The standard InChI is InChI=1S/C20H31N3O3S/c1-7-25-16-10-8-9-15-13-17(26-18(15)16)14(2)23-19(21-6)22-11-12-27(24)20(3,4)5/h8-10,13-14H,7,11-12H2,1-6H3,(H2,21,22,23). The molecule has 1 heterocycles. The highest BCUT2D eigenvalue weighted by molar-refractivity contribution is 7.86. The first kappa shape index (κ1) is 21.3. The van der Waals surface area contributed by atoms with E-state index in [-0.39, 0.29) is 10.8 Å². The molecule has 0 aliphatic rings. The Bertz CT molecular complexity index is 808. The zero-order valence-electron chi connectivity index (χ0n) is 17.1. The van der Waals surface area contributed by atoms with E-state index in [1.165, 1.54) is 0 Å². The Balaban J connectivity index is 2.00. The predicted octanol–water partition coefficient (Wildman–Crippen LogP) is 3.60. The summed E-state index contributed by atoms with van der Waals surface area (Å²) in [6.07, 6.45) is 0. The van der Waals surface area contributed by atoms with Crippen molar-refractivity contribution >= 4 is 27.7 Å². The highest BCUT2D eigenvalue weighted by Crippen LogP contribution is 2.31. The second kappa shape index (κ2) is 9.26. The topological polar surface area (TPSA) is 75.9 Å². The van der Waals surface area contributed by atoms with Crippen molar-refractivity contribution < 1.29 is 13.4 Å². The van der Waals surface area contributed by atoms with Gasteiger partial charge in [0.25, 0.3) is 0 Å². The molecule has 2 aromatic rings. The third-order valence-corrected chi connectivity index (χ3v) is 6.03. The van der Waals surface area contributed by atoms with Gasteiger partial charge in [-0.25, -0.2) is 0 Å². The van der Waals surface area contributed by atoms with Gasteiger partial charge in [0.2, 0.25) is 0 Å². The van der Waals surface area contributed by atoms with Gasteiger partial charge in [-0.05, 0) is 46.8 Å². The molecule has 0 fully saturated rings. The minimum atomic E-state index is -0.897. The third kappa shape index (κ3) is 5.73. The number of rotatable bonds is 7. The third-order valence-electron chi connectivity index (χ3n) is 4.09. The Labute approximate surface area is 164 Å². The Hall–Kier alpha value is -2.02. The highest BCUT2D eigenvalue weighted by Gasteiger charge is 2.19. The minimum absolute atomic E-state index is 0.0776. The van der Waals surface area contributed by atoms with E-state index in [2.05, 4.69) is 15.6 Å². The van der Waals surface area contributed by atoms with E-state index in [4.69, 9.17) is 9.15 Å². The Morgan fingerprint density at radius 2 is 2.11 bits per heavy atom. The molecule has 2 rings (SSSR count). The number of benzene rings is 1. The summed E-state index contributed by atoms with van der Waals surface area (Å²) in [7, 11) is 0.819. The lowest BCUT2D eigenvalue weighted by Crippen LogP contribution is -2.41. The maximum absolute atomic E-state index is 12.1. The van der Waals surface area contributed by atoms with Crippen LogP contribution in [0.25, 0.3) is 11.0 Å². The van der Waals surface area contributed by atoms with Crippen molar-refractivity contribution in [3.05, 3.63) is 30.0 Å². The quantitative estimate of drug-likeness (QED) is 0.555. The first-order valence-corrected chi connectivity index (χ1v) is 10.6. The molecular formula is C20H31N3O3S. The van der Waals surface area contributed by atoms with E-state index in [9.17, 15) is 4.21 Å². The maximum Gasteiger partial charge on any atom is 0.191 e. The maximum atomic E-state index is 12.1. The summed E-state index contributed by atoms with van der Waals surface area (Å²) in [5.74, 6) is 2.78. The number of guanidine groups is 1. The van der Waals surface area contributed by atoms with Crippen LogP contribution in [0.5, 0.6) is 5.75 Å². The Morgan fingerprint density at radius 3 is 2.74 bits per heavy atom. The molecule has 0 saturated carbocycles. The Kier molecular flexibility index (Phi) is 7.30. The van der Waals surface area contributed by atoms with Gasteiger partial charge in [-0.1, -0.05) is 12.1 Å². The van der Waals surface area contributed by atoms with Crippen LogP contribution in [-0.2, 0) is 10.8 Å². The zero-order valence-corrected chi connectivity index (χ0v) is 17.9. The van der Waals surface area contributed by atoms with E-state index in [0.29, 0.717) is 24.9 Å². The van der Waals surface area contributed by atoms with Gasteiger partial charge in [-0.3, -0.25) is 9.20 Å². The molecule has 0 spiro atoms. The Morgan fingerprint density at radius 1 is 1.37 bits per heavy atom. The van der Waals surface area contributed by atoms with Crippen LogP contribution in [0.2, 0.25) is 0 Å². The SMILES string of the molecule is CCOc1cccc2cc(C(C)NC(=NC)NCCS(=O)C(C)(C)C)oc12. The number of nitrogens with zero attached hydrogens (tertiary/aromatic N) is 1. The van der Waals surface area contributed by atoms with Crippen LogP contribution >= 0.6 is 0 Å². The molecule has 2 N–H and O–H groups in total. The number of nitrogens with one attached hydrogen (secondary N) is 2. The molecule has 2 atom stereocenters. The molecule has 0 saturated heterocycles. The number of furan rings is 1. The molecule has 1 aromatic heterocycles. The number of para-hydroxylation sites is 1. The van der Waals surface area contributed by atoms with Crippen LogP contribution in [0, 0.1) is 0 Å². The van der Waals surface area contributed by atoms with Crippen LogP contribution in [-0.4, -0.2) is 40.9 Å². The second-order valence-electron chi connectivity index (χ2n) is 7.28. The van der Waals surface area contributed by atoms with Crippen LogP contribution in [0.4, 0.5) is 0 Å². The average molecular weight is 394 g/mol. The van der Waals surface area contributed by atoms with Crippen molar-refractivity contribution in [2.24, 2.45) is 4.99 Å². The van der Waals surface area contributed by atoms with Crippen molar-refractivity contribution in [1.29, 1.82) is 0 Å². The summed E-state index contributed by atoms with van der Waals surface area (Å²) in [5.41, 5.74) is 0.756. The van der Waals surface area contributed by atoms with E-state index < -0.39 is 10.8 Å². The zero-order chi connectivity index (χ0) is 20.0. The van der Waals surface area contributed by atoms with Crippen molar-refractivity contribution in [3.63, 3.8) is 0 Å². The number of hydrogen-bond acceptors (Lipinski definition) is 4. The van der Waals surface area contributed by atoms with Crippen molar-refractivity contribution in [3.8, 4) is 5.75 Å². The predicted molar refractivity (Wildman–Crippen MR) is 113 cm³/mol. The fourth-order valence-corrected chi connectivity index (χ4v) is 3.48. The van der Waals surface area contributed by atoms with Gasteiger partial charge in [0.05, 0.1) is 12.6 Å². The van der Waals surface area contributed by atoms with Crippen molar-refractivity contribution in [2.45, 2.75) is 45.4 Å². The summed E-state index contributed by atoms with van der Waals surface area (Å²) in [6.45, 7) is 11.1. The fraction of sp³-hybridized carbons (Fsp3) is 0.550. The smallest absolute Gasteiger partial charge is 0.191 e. The van der Waals surface area contributed by atoms with Gasteiger partial charge in [0.1, 0.15) is 5.76 Å². The van der Waals surface area contributed by atoms with Gasteiger partial charge in [0, 0.05) is 40.3 Å². The summed E-state index contributed by atoms with van der Waals surface area (Å²) in [6, 6.07) is 7.81. The number of aliphatic imine (C=N–C) groups is 1. The van der Waals surface area contributed by atoms with Crippen LogP contribution in [0.15, 0.2) is 33.7 Å². The van der Waals surface area contributed by atoms with E-state index >= 15 is 0 Å². The number of fused-ring (bicyclic) bond motifs is 1. The minimum Gasteiger partial charge on any atom is -0.490 e. The van der Waals surface area contributed by atoms with Gasteiger partial charge in [-0.2, -0.15) is 0 Å². The normalized spacial score (nSPS) is 14.8. The summed E-state index contributed by atoms with van der Waals surface area (Å²) in [5, 5.41) is 7.54. The molecule has 0 amide bonds. The van der Waals surface area contributed by atoms with E-state index in [1.54, 1.807) is 7.05 Å². The monoisotopic (exact) mass is 393 g/mol. The van der Waals surface area contributed by atoms with Crippen LogP contribution < -0.4 is 15.4 Å². The highest BCUT2D eigenvalue weighted by atomic mass is 32.2. The molecule has 2 unspecified atom stereocenters. The van der Waals surface area contributed by atoms with Gasteiger partial charge < -0.3 is 19.8 Å². The fourth-order valence-electron chi connectivity index (χ4n) is 2.58. The average Bonchev–Trinajstić information content (AvgIpc) is 3.05. The van der Waals surface area contributed by atoms with E-state index in [0.717, 1.165) is 22.5 Å². The summed E-state index contributed by atoms with van der Waals surface area (Å²) in [4.78, 5) is 4.24. The van der Waals surface area contributed by atoms with Gasteiger partial charge in [-0.15, -0.1) is 0 Å². The van der Waals surface area contributed by atoms with Crippen molar-refractivity contribution in [2.75, 3.05) is 26.0 Å². The summed E-state index contributed by atoms with van der Waals surface area (Å²) < 4.78 is 23.6. The summed E-state index contributed by atoms with van der Waals surface area (Å²) >= 11 is 0. The lowest BCUT2D eigenvalue weighted by molar-refractivity contribution is 0.336. The van der Waals surface area contributed by atoms with Gasteiger partial charge >= 0.3 is 0 Å². The van der Waals surface area contributed by atoms with Crippen LogP contribution in [0.1, 0.15) is 46.4 Å². The van der Waals surface area contributed by atoms with Crippen molar-refractivity contribution in [1.82, 2.24) is 10.6 Å². The molecule has 7 heteroatoms. The lowest BCUT2D eigenvalue weighted by atomic mass is 10.2. The molecule has 6 nitrogen and oxygen atoms in total. The molecule has 0 bridgehead atoms. The second-order valence-corrected chi connectivity index (χ2v) is 9.61. The molecule has 27 heavy (non-hydrogen) atoms. The molecular weight excluding hydrogens is 362 g/mol. The number of hydrogen-bond donors (Lipinski definition) is 2. The molecule has 0 radical (unpaired) electrons. The molecule has 150 valence electrons. The molecule has 0 aliphatic heterocycles.